The van der Waals surface area contributed by atoms with Crippen LogP contribution in [0.15, 0.2) is 48.8 Å². The molecule has 9 nitrogen and oxygen atoms in total. The molecule has 2 heterocycles. The normalized spacial score (nSPS) is 11.0. The van der Waals surface area contributed by atoms with Crippen molar-refractivity contribution in [3.63, 3.8) is 0 Å². The lowest BCUT2D eigenvalue weighted by Crippen LogP contribution is -2.29. The number of nitrogens with two attached hydrogens (primary N) is 1. The molecule has 0 saturated carbocycles. The summed E-state index contributed by atoms with van der Waals surface area (Å²) in [4.78, 5) is 13.4. The molecule has 0 atom stereocenters. The SMILES string of the molecule is COc1cc(N(C)CCN(C)C)c(N)cc1Nc1nccc(-c2cn(C)c3cc(C#N)ccc23)n1. The Bertz CT molecular complexity index is 1400. The molecule has 35 heavy (non-hydrogen) atoms. The molecule has 0 amide bonds. The Labute approximate surface area is 205 Å². The highest BCUT2D eigenvalue weighted by Gasteiger charge is 2.15. The molecule has 9 heteroatoms. The fraction of sp³-hybridized carbons (Fsp3) is 0.269. The number of nitrogens with one attached hydrogen (secondary N) is 1. The summed E-state index contributed by atoms with van der Waals surface area (Å²) in [7, 11) is 9.68. The Balaban J connectivity index is 1.65. The Morgan fingerprint density at radius 1 is 1.14 bits per heavy atom. The Kier molecular flexibility index (Phi) is 6.75. The maximum absolute atomic E-state index is 9.23. The highest BCUT2D eigenvalue weighted by molar-refractivity contribution is 5.96. The van der Waals surface area contributed by atoms with Crippen LogP contribution in [0.25, 0.3) is 22.2 Å². The van der Waals surface area contributed by atoms with Gasteiger partial charge in [-0.1, -0.05) is 6.07 Å². The third-order valence-electron chi connectivity index (χ3n) is 5.94. The highest BCUT2D eigenvalue weighted by Crippen LogP contribution is 2.36. The van der Waals surface area contributed by atoms with Gasteiger partial charge in [0.1, 0.15) is 5.75 Å². The Morgan fingerprint density at radius 2 is 1.94 bits per heavy atom. The van der Waals surface area contributed by atoms with Gasteiger partial charge in [0.15, 0.2) is 0 Å². The van der Waals surface area contributed by atoms with Crippen molar-refractivity contribution in [1.29, 1.82) is 5.26 Å². The van der Waals surface area contributed by atoms with Crippen LogP contribution in [0.5, 0.6) is 5.75 Å². The van der Waals surface area contributed by atoms with Crippen LogP contribution in [0.2, 0.25) is 0 Å². The van der Waals surface area contributed by atoms with Crippen LogP contribution in [-0.2, 0) is 7.05 Å². The van der Waals surface area contributed by atoms with E-state index < -0.39 is 0 Å². The van der Waals surface area contributed by atoms with E-state index in [0.717, 1.165) is 40.9 Å². The van der Waals surface area contributed by atoms with Gasteiger partial charge in [-0.3, -0.25) is 0 Å². The lowest BCUT2D eigenvalue weighted by Gasteiger charge is -2.24. The molecule has 2 aromatic heterocycles. The summed E-state index contributed by atoms with van der Waals surface area (Å²) in [5, 5.41) is 13.5. The topological polar surface area (TPSA) is 108 Å². The van der Waals surface area contributed by atoms with Gasteiger partial charge in [0.25, 0.3) is 0 Å². The van der Waals surface area contributed by atoms with Crippen molar-refractivity contribution in [3.8, 4) is 23.1 Å². The van der Waals surface area contributed by atoms with Crippen molar-refractivity contribution in [1.82, 2.24) is 19.4 Å². The van der Waals surface area contributed by atoms with Gasteiger partial charge in [0, 0.05) is 62.1 Å². The number of benzene rings is 2. The minimum absolute atomic E-state index is 0.430. The first-order valence-corrected chi connectivity index (χ1v) is 11.2. The first-order valence-electron chi connectivity index (χ1n) is 11.2. The number of rotatable bonds is 8. The number of nitriles is 1. The molecular formula is C26H30N8O. The van der Waals surface area contributed by atoms with Gasteiger partial charge in [0.05, 0.1) is 41.5 Å². The minimum atomic E-state index is 0.430. The van der Waals surface area contributed by atoms with Crippen molar-refractivity contribution < 1.29 is 4.74 Å². The molecule has 180 valence electrons. The number of anilines is 4. The summed E-state index contributed by atoms with van der Waals surface area (Å²) < 4.78 is 7.64. The molecule has 2 aromatic carbocycles. The van der Waals surface area contributed by atoms with E-state index in [2.05, 4.69) is 26.2 Å². The van der Waals surface area contributed by atoms with Crippen molar-refractivity contribution in [2.45, 2.75) is 0 Å². The average molecular weight is 471 g/mol. The van der Waals surface area contributed by atoms with Crippen LogP contribution in [0, 0.1) is 11.3 Å². The van der Waals surface area contributed by atoms with Gasteiger partial charge >= 0.3 is 0 Å². The molecule has 0 aliphatic carbocycles. The van der Waals surface area contributed by atoms with Gasteiger partial charge in [0.2, 0.25) is 5.95 Å². The molecule has 0 spiro atoms. The Hall–Kier alpha value is -4.29. The van der Waals surface area contributed by atoms with Crippen LogP contribution in [0.1, 0.15) is 5.56 Å². The third kappa shape index (κ3) is 4.98. The largest absolute Gasteiger partial charge is 0.494 e. The fourth-order valence-corrected chi connectivity index (χ4v) is 4.00. The first-order chi connectivity index (χ1) is 16.8. The number of fused-ring (bicyclic) bond motifs is 1. The van der Waals surface area contributed by atoms with E-state index in [1.165, 1.54) is 0 Å². The van der Waals surface area contributed by atoms with E-state index in [1.807, 2.05) is 75.4 Å². The summed E-state index contributed by atoms with van der Waals surface area (Å²) in [5.74, 6) is 1.08. The summed E-state index contributed by atoms with van der Waals surface area (Å²) in [6, 6.07) is 13.5. The van der Waals surface area contributed by atoms with Gasteiger partial charge in [-0.2, -0.15) is 5.26 Å². The zero-order chi connectivity index (χ0) is 25.1. The van der Waals surface area contributed by atoms with Crippen molar-refractivity contribution in [2.24, 2.45) is 7.05 Å². The van der Waals surface area contributed by atoms with Gasteiger partial charge in [-0.15, -0.1) is 0 Å². The number of hydrogen-bond acceptors (Lipinski definition) is 8. The second-order valence-electron chi connectivity index (χ2n) is 8.72. The lowest BCUT2D eigenvalue weighted by molar-refractivity contribution is 0.413. The number of aryl methyl sites for hydroxylation is 1. The highest BCUT2D eigenvalue weighted by atomic mass is 16.5. The molecular weight excluding hydrogens is 440 g/mol. The zero-order valence-electron chi connectivity index (χ0n) is 20.7. The monoisotopic (exact) mass is 470 g/mol. The first kappa shape index (κ1) is 23.9. The van der Waals surface area contributed by atoms with Gasteiger partial charge < -0.3 is 30.2 Å². The Morgan fingerprint density at radius 3 is 2.66 bits per heavy atom. The molecule has 0 aliphatic rings. The standard InChI is InChI=1S/C26H30N8O/c1-32(2)10-11-33(3)24-14-25(35-5)22(13-20(24)28)31-26-29-9-8-21(30-26)19-16-34(4)23-12-17(15-27)6-7-18(19)23/h6-9,12-14,16H,10-11,28H2,1-5H3,(H,29,30,31). The molecule has 0 bridgehead atoms. The summed E-state index contributed by atoms with van der Waals surface area (Å²) in [5.41, 5.74) is 11.9. The van der Waals surface area contributed by atoms with E-state index >= 15 is 0 Å². The fourth-order valence-electron chi connectivity index (χ4n) is 4.00. The second kappa shape index (κ2) is 9.91. The van der Waals surface area contributed by atoms with Crippen molar-refractivity contribution in [3.05, 3.63) is 54.4 Å². The van der Waals surface area contributed by atoms with E-state index in [4.69, 9.17) is 15.5 Å². The van der Waals surface area contributed by atoms with Gasteiger partial charge in [-0.25, -0.2) is 9.97 Å². The predicted molar refractivity (Wildman–Crippen MR) is 141 cm³/mol. The van der Waals surface area contributed by atoms with Crippen LogP contribution in [0.4, 0.5) is 23.0 Å². The van der Waals surface area contributed by atoms with E-state index in [1.54, 1.807) is 13.3 Å². The molecule has 0 fully saturated rings. The van der Waals surface area contributed by atoms with Crippen LogP contribution in [-0.4, -0.2) is 60.8 Å². The molecule has 3 N–H and O–H groups in total. The summed E-state index contributed by atoms with van der Waals surface area (Å²) in [6.45, 7) is 1.74. The number of nitrogen functional groups attached to an aromatic ring is 1. The quantitative estimate of drug-likeness (QED) is 0.374. The maximum Gasteiger partial charge on any atom is 0.227 e. The van der Waals surface area contributed by atoms with Crippen LogP contribution < -0.4 is 20.7 Å². The van der Waals surface area contributed by atoms with Gasteiger partial charge in [-0.05, 0) is 38.4 Å². The average Bonchev–Trinajstić information content (AvgIpc) is 3.18. The number of methoxy groups -OCH3 is 1. The van der Waals surface area contributed by atoms with Crippen LogP contribution >= 0.6 is 0 Å². The summed E-state index contributed by atoms with van der Waals surface area (Å²) >= 11 is 0. The maximum atomic E-state index is 9.23. The smallest absolute Gasteiger partial charge is 0.227 e. The van der Waals surface area contributed by atoms with Crippen molar-refractivity contribution in [2.75, 3.05) is 57.3 Å². The van der Waals surface area contributed by atoms with Crippen molar-refractivity contribution >= 4 is 33.9 Å². The third-order valence-corrected chi connectivity index (χ3v) is 5.94. The second-order valence-corrected chi connectivity index (χ2v) is 8.72. The lowest BCUT2D eigenvalue weighted by atomic mass is 10.1. The number of nitrogens with zero attached hydrogens (tertiary/aromatic N) is 6. The van der Waals surface area contributed by atoms with E-state index in [0.29, 0.717) is 28.6 Å². The molecule has 0 unspecified atom stereocenters. The minimum Gasteiger partial charge on any atom is -0.494 e. The molecule has 4 rings (SSSR count). The number of ether oxygens (including phenoxy) is 1. The number of aromatic nitrogens is 3. The molecule has 0 aliphatic heterocycles. The van der Waals surface area contributed by atoms with Crippen LogP contribution in [0.3, 0.4) is 0 Å². The molecule has 0 radical (unpaired) electrons. The number of likely N-dealkylation sites (N-methyl/N-ethyl adjacent to an activating group) is 2. The molecule has 0 saturated heterocycles. The number of hydrogen-bond donors (Lipinski definition) is 2. The van der Waals surface area contributed by atoms with E-state index in [-0.39, 0.29) is 0 Å². The summed E-state index contributed by atoms with van der Waals surface area (Å²) in [6.07, 6.45) is 3.72. The van der Waals surface area contributed by atoms with E-state index in [9.17, 15) is 5.26 Å². The predicted octanol–water partition coefficient (Wildman–Crippen LogP) is 3.84. The zero-order valence-corrected chi connectivity index (χ0v) is 20.7. The molecule has 4 aromatic rings.